The van der Waals surface area contributed by atoms with Crippen molar-refractivity contribution in [3.05, 3.63) is 45.9 Å². The fourth-order valence-electron chi connectivity index (χ4n) is 3.69. The zero-order valence-corrected chi connectivity index (χ0v) is 18.7. The molecule has 160 valence electrons. The lowest BCUT2D eigenvalue weighted by atomic mass is 10.2. The molecule has 1 aliphatic heterocycles. The third-order valence-corrected chi connectivity index (χ3v) is 6.10. The molecule has 1 aromatic carbocycles. The van der Waals surface area contributed by atoms with Crippen molar-refractivity contribution in [2.75, 3.05) is 52.9 Å². The quantitative estimate of drug-likeness (QED) is 0.640. The molecule has 2 heterocycles. The van der Waals surface area contributed by atoms with Crippen LogP contribution in [-0.4, -0.2) is 83.8 Å². The van der Waals surface area contributed by atoms with Crippen molar-refractivity contribution in [3.63, 3.8) is 0 Å². The second-order valence-electron chi connectivity index (χ2n) is 7.88. The monoisotopic (exact) mass is 418 g/mol. The molecule has 0 unspecified atom stereocenters. The van der Waals surface area contributed by atoms with Crippen LogP contribution in [0.15, 0.2) is 29.6 Å². The highest BCUT2D eigenvalue weighted by molar-refractivity contribution is 7.09. The van der Waals surface area contributed by atoms with E-state index in [1.165, 1.54) is 5.56 Å². The molecule has 0 amide bonds. The number of aliphatic hydroxyl groups is 1. The number of hydrogen-bond acceptors (Lipinski definition) is 7. The van der Waals surface area contributed by atoms with Crippen LogP contribution in [0.5, 0.6) is 5.75 Å². The predicted octanol–water partition coefficient (Wildman–Crippen LogP) is 2.46. The van der Waals surface area contributed by atoms with Crippen molar-refractivity contribution >= 4 is 11.3 Å². The predicted molar refractivity (Wildman–Crippen MR) is 119 cm³/mol. The molecule has 1 N–H and O–H groups in total. The average molecular weight is 419 g/mol. The van der Waals surface area contributed by atoms with Crippen LogP contribution in [0.25, 0.3) is 0 Å². The number of benzene rings is 1. The van der Waals surface area contributed by atoms with Gasteiger partial charge in [-0.3, -0.25) is 9.80 Å². The van der Waals surface area contributed by atoms with Crippen LogP contribution in [0.1, 0.15) is 23.2 Å². The number of ether oxygens (including phenoxy) is 1. The lowest BCUT2D eigenvalue weighted by molar-refractivity contribution is 0.0470. The lowest BCUT2D eigenvalue weighted by Crippen LogP contribution is -2.49. The van der Waals surface area contributed by atoms with Gasteiger partial charge in [0.2, 0.25) is 0 Å². The molecule has 1 aromatic heterocycles. The van der Waals surface area contributed by atoms with Crippen molar-refractivity contribution in [3.8, 4) is 5.75 Å². The van der Waals surface area contributed by atoms with Gasteiger partial charge in [-0.2, -0.15) is 0 Å². The van der Waals surface area contributed by atoms with Crippen molar-refractivity contribution in [1.29, 1.82) is 0 Å². The second-order valence-corrected chi connectivity index (χ2v) is 8.94. The Bertz CT molecular complexity index is 746. The number of aliphatic hydroxyl groups excluding tert-OH is 1. The number of rotatable bonds is 10. The molecule has 29 heavy (non-hydrogen) atoms. The minimum Gasteiger partial charge on any atom is -0.491 e. The number of β-amino-alcohol motifs (C(OH)–C–C–N with tert-alkyl or cyclic N) is 1. The summed E-state index contributed by atoms with van der Waals surface area (Å²) in [6.45, 7) is 12.2. The molecule has 1 aliphatic rings. The zero-order valence-electron chi connectivity index (χ0n) is 17.9. The van der Waals surface area contributed by atoms with E-state index in [1.54, 1.807) is 11.3 Å². The van der Waals surface area contributed by atoms with Gasteiger partial charge in [0, 0.05) is 51.2 Å². The summed E-state index contributed by atoms with van der Waals surface area (Å²) in [6, 6.07) is 8.15. The Morgan fingerprint density at radius 1 is 1.21 bits per heavy atom. The first-order valence-corrected chi connectivity index (χ1v) is 11.3. The van der Waals surface area contributed by atoms with E-state index in [0.29, 0.717) is 13.2 Å². The first kappa shape index (κ1) is 22.2. The molecule has 1 atom stereocenters. The molecule has 0 spiro atoms. The molecular weight excluding hydrogens is 384 g/mol. The summed E-state index contributed by atoms with van der Waals surface area (Å²) >= 11 is 1.69. The molecule has 0 aliphatic carbocycles. The van der Waals surface area contributed by atoms with Crippen LogP contribution in [-0.2, 0) is 13.1 Å². The van der Waals surface area contributed by atoms with Gasteiger partial charge in [-0.15, -0.1) is 11.3 Å². The number of aryl methyl sites for hydroxylation is 1. The van der Waals surface area contributed by atoms with Crippen LogP contribution >= 0.6 is 11.3 Å². The highest BCUT2D eigenvalue weighted by Crippen LogP contribution is 2.17. The molecule has 0 radical (unpaired) electrons. The van der Waals surface area contributed by atoms with E-state index in [2.05, 4.69) is 51.2 Å². The molecular formula is C22H34N4O2S. The van der Waals surface area contributed by atoms with Crippen LogP contribution in [0.2, 0.25) is 0 Å². The third kappa shape index (κ3) is 7.35. The van der Waals surface area contributed by atoms with E-state index >= 15 is 0 Å². The largest absolute Gasteiger partial charge is 0.491 e. The van der Waals surface area contributed by atoms with Crippen molar-refractivity contribution in [2.24, 2.45) is 0 Å². The fraction of sp³-hybridized carbons (Fsp3) is 0.591. The topological polar surface area (TPSA) is 52.1 Å². The van der Waals surface area contributed by atoms with E-state index < -0.39 is 6.10 Å². The molecule has 0 bridgehead atoms. The van der Waals surface area contributed by atoms with E-state index in [-0.39, 0.29) is 0 Å². The summed E-state index contributed by atoms with van der Waals surface area (Å²) in [5.41, 5.74) is 2.31. The van der Waals surface area contributed by atoms with Gasteiger partial charge in [0.1, 0.15) is 18.5 Å². The summed E-state index contributed by atoms with van der Waals surface area (Å²) in [6.07, 6.45) is -0.470. The van der Waals surface area contributed by atoms with Crippen LogP contribution in [0.4, 0.5) is 0 Å². The van der Waals surface area contributed by atoms with Gasteiger partial charge in [0.05, 0.1) is 10.7 Å². The molecule has 1 saturated heterocycles. The van der Waals surface area contributed by atoms with Gasteiger partial charge in [0.25, 0.3) is 0 Å². The van der Waals surface area contributed by atoms with Gasteiger partial charge in [-0.05, 0) is 38.2 Å². The standard InChI is InChI=1S/C22H34N4O2S/c1-4-25-8-10-26(11-9-25)15-21(27)16-28-22-7-5-6-19(12-22)13-24(3)14-20-17-29-18(2)23-20/h5-7,12,17,21,27H,4,8-11,13-16H2,1-3H3/t21-/m0/s1. The van der Waals surface area contributed by atoms with E-state index in [9.17, 15) is 5.11 Å². The first-order chi connectivity index (χ1) is 14.0. The Balaban J connectivity index is 1.42. The Morgan fingerprint density at radius 2 is 1.97 bits per heavy atom. The minimum atomic E-state index is -0.470. The molecule has 7 heteroatoms. The van der Waals surface area contributed by atoms with E-state index in [0.717, 1.165) is 62.3 Å². The Morgan fingerprint density at radius 3 is 2.66 bits per heavy atom. The van der Waals surface area contributed by atoms with Crippen molar-refractivity contribution in [1.82, 2.24) is 19.7 Å². The van der Waals surface area contributed by atoms with Gasteiger partial charge in [-0.1, -0.05) is 19.1 Å². The molecule has 1 fully saturated rings. The number of likely N-dealkylation sites (N-methyl/N-ethyl adjacent to an activating group) is 1. The number of aromatic nitrogens is 1. The van der Waals surface area contributed by atoms with Gasteiger partial charge < -0.3 is 14.7 Å². The summed E-state index contributed by atoms with van der Waals surface area (Å²) in [5.74, 6) is 0.815. The smallest absolute Gasteiger partial charge is 0.119 e. The van der Waals surface area contributed by atoms with E-state index in [4.69, 9.17) is 4.74 Å². The third-order valence-electron chi connectivity index (χ3n) is 5.27. The summed E-state index contributed by atoms with van der Waals surface area (Å²) < 4.78 is 5.88. The van der Waals surface area contributed by atoms with Gasteiger partial charge in [-0.25, -0.2) is 4.98 Å². The second kappa shape index (κ2) is 11.0. The highest BCUT2D eigenvalue weighted by atomic mass is 32.1. The van der Waals surface area contributed by atoms with Gasteiger partial charge in [0.15, 0.2) is 0 Å². The first-order valence-electron chi connectivity index (χ1n) is 10.5. The Hall–Kier alpha value is -1.51. The molecule has 6 nitrogen and oxygen atoms in total. The zero-order chi connectivity index (χ0) is 20.6. The van der Waals surface area contributed by atoms with Gasteiger partial charge >= 0.3 is 0 Å². The van der Waals surface area contributed by atoms with Crippen LogP contribution < -0.4 is 4.74 Å². The lowest BCUT2D eigenvalue weighted by Gasteiger charge is -2.34. The van der Waals surface area contributed by atoms with Crippen molar-refractivity contribution < 1.29 is 9.84 Å². The van der Waals surface area contributed by atoms with Crippen molar-refractivity contribution in [2.45, 2.75) is 33.0 Å². The maximum atomic E-state index is 10.4. The summed E-state index contributed by atoms with van der Waals surface area (Å²) in [4.78, 5) is 11.5. The highest BCUT2D eigenvalue weighted by Gasteiger charge is 2.18. The van der Waals surface area contributed by atoms with Crippen LogP contribution in [0, 0.1) is 6.92 Å². The molecule has 2 aromatic rings. The summed E-state index contributed by atoms with van der Waals surface area (Å²) in [5, 5.41) is 13.6. The Kier molecular flexibility index (Phi) is 8.44. The maximum Gasteiger partial charge on any atom is 0.119 e. The molecule has 0 saturated carbocycles. The number of hydrogen-bond donors (Lipinski definition) is 1. The fourth-order valence-corrected chi connectivity index (χ4v) is 4.29. The Labute approximate surface area is 178 Å². The van der Waals surface area contributed by atoms with E-state index in [1.807, 2.05) is 19.1 Å². The molecule has 3 rings (SSSR count). The average Bonchev–Trinajstić information content (AvgIpc) is 3.11. The number of piperazine rings is 1. The minimum absolute atomic E-state index is 0.325. The maximum absolute atomic E-state index is 10.4. The SMILES string of the molecule is CCN1CCN(C[C@H](O)COc2cccc(CN(C)Cc3csc(C)n3)c2)CC1. The summed E-state index contributed by atoms with van der Waals surface area (Å²) in [7, 11) is 2.10. The number of nitrogens with zero attached hydrogens (tertiary/aromatic N) is 4. The normalized spacial score (nSPS) is 17.0. The number of thiazole rings is 1. The van der Waals surface area contributed by atoms with Crippen LogP contribution in [0.3, 0.4) is 0 Å².